The average molecular weight is 245 g/mol. The molecule has 1 saturated carbocycles. The Bertz CT molecular complexity index is 459. The molecule has 0 amide bonds. The SMILES string of the molecule is COc1ccc(C#N)c(NC2(CN)CCCC2)c1. The van der Waals surface area contributed by atoms with Gasteiger partial charge in [0.25, 0.3) is 0 Å². The maximum Gasteiger partial charge on any atom is 0.121 e. The van der Waals surface area contributed by atoms with E-state index in [-0.39, 0.29) is 5.54 Å². The number of rotatable bonds is 4. The average Bonchev–Trinajstić information content (AvgIpc) is 2.88. The largest absolute Gasteiger partial charge is 0.497 e. The summed E-state index contributed by atoms with van der Waals surface area (Å²) in [4.78, 5) is 0. The van der Waals surface area contributed by atoms with Gasteiger partial charge in [0.2, 0.25) is 0 Å². The van der Waals surface area contributed by atoms with E-state index < -0.39 is 0 Å². The molecule has 18 heavy (non-hydrogen) atoms. The molecule has 0 aliphatic heterocycles. The molecule has 1 aliphatic rings. The maximum atomic E-state index is 9.15. The van der Waals surface area contributed by atoms with E-state index in [0.717, 1.165) is 24.3 Å². The van der Waals surface area contributed by atoms with E-state index in [9.17, 15) is 0 Å². The number of nitrogens with two attached hydrogens (primary N) is 1. The number of methoxy groups -OCH3 is 1. The zero-order valence-corrected chi connectivity index (χ0v) is 10.7. The second kappa shape index (κ2) is 5.28. The van der Waals surface area contributed by atoms with Crippen LogP contribution in [-0.2, 0) is 0 Å². The third kappa shape index (κ3) is 2.41. The van der Waals surface area contributed by atoms with Crippen LogP contribution in [0.3, 0.4) is 0 Å². The van der Waals surface area contributed by atoms with Gasteiger partial charge in [0.1, 0.15) is 11.8 Å². The Morgan fingerprint density at radius 1 is 1.44 bits per heavy atom. The first-order chi connectivity index (χ1) is 8.73. The third-order valence-corrected chi connectivity index (χ3v) is 3.70. The fourth-order valence-electron chi connectivity index (χ4n) is 2.57. The molecule has 1 aromatic rings. The minimum Gasteiger partial charge on any atom is -0.497 e. The van der Waals surface area contributed by atoms with Crippen LogP contribution in [0, 0.1) is 11.3 Å². The second-order valence-electron chi connectivity index (χ2n) is 4.84. The molecular weight excluding hydrogens is 226 g/mol. The van der Waals surface area contributed by atoms with Crippen molar-refractivity contribution in [1.29, 1.82) is 5.26 Å². The summed E-state index contributed by atoms with van der Waals surface area (Å²) in [5.41, 5.74) is 7.30. The lowest BCUT2D eigenvalue weighted by molar-refractivity contribution is 0.414. The molecule has 0 heterocycles. The Morgan fingerprint density at radius 2 is 2.17 bits per heavy atom. The number of ether oxygens (including phenoxy) is 1. The fraction of sp³-hybridized carbons (Fsp3) is 0.500. The Labute approximate surface area is 108 Å². The van der Waals surface area contributed by atoms with Crippen molar-refractivity contribution in [3.8, 4) is 11.8 Å². The summed E-state index contributed by atoms with van der Waals surface area (Å²) in [6.07, 6.45) is 4.50. The highest BCUT2D eigenvalue weighted by atomic mass is 16.5. The predicted octanol–water partition coefficient (Wildman–Crippen LogP) is 2.25. The highest BCUT2D eigenvalue weighted by Gasteiger charge is 2.32. The lowest BCUT2D eigenvalue weighted by Gasteiger charge is -2.30. The van der Waals surface area contributed by atoms with Gasteiger partial charge in [-0.1, -0.05) is 12.8 Å². The van der Waals surface area contributed by atoms with Gasteiger partial charge in [0, 0.05) is 18.2 Å². The topological polar surface area (TPSA) is 71.1 Å². The highest BCUT2D eigenvalue weighted by Crippen LogP contribution is 2.34. The Balaban J connectivity index is 2.29. The summed E-state index contributed by atoms with van der Waals surface area (Å²) >= 11 is 0. The molecule has 1 aromatic carbocycles. The van der Waals surface area contributed by atoms with Crippen LogP contribution >= 0.6 is 0 Å². The van der Waals surface area contributed by atoms with Crippen molar-refractivity contribution in [2.24, 2.45) is 5.73 Å². The summed E-state index contributed by atoms with van der Waals surface area (Å²) in [5.74, 6) is 0.752. The molecule has 3 N–H and O–H groups in total. The summed E-state index contributed by atoms with van der Waals surface area (Å²) in [6, 6.07) is 7.65. The minimum atomic E-state index is -0.0576. The Morgan fingerprint density at radius 3 is 2.72 bits per heavy atom. The molecule has 2 rings (SSSR count). The van der Waals surface area contributed by atoms with Crippen LogP contribution in [0.2, 0.25) is 0 Å². The predicted molar refractivity (Wildman–Crippen MR) is 71.6 cm³/mol. The number of anilines is 1. The van der Waals surface area contributed by atoms with Crippen LogP contribution < -0.4 is 15.8 Å². The van der Waals surface area contributed by atoms with Crippen molar-refractivity contribution in [2.75, 3.05) is 19.0 Å². The van der Waals surface area contributed by atoms with E-state index in [0.29, 0.717) is 12.1 Å². The monoisotopic (exact) mass is 245 g/mol. The van der Waals surface area contributed by atoms with E-state index in [2.05, 4.69) is 11.4 Å². The number of hydrogen-bond donors (Lipinski definition) is 2. The second-order valence-corrected chi connectivity index (χ2v) is 4.84. The summed E-state index contributed by atoms with van der Waals surface area (Å²) < 4.78 is 5.20. The molecule has 96 valence electrons. The van der Waals surface area contributed by atoms with E-state index in [1.165, 1.54) is 12.8 Å². The van der Waals surface area contributed by atoms with Gasteiger partial charge in [-0.25, -0.2) is 0 Å². The number of nitriles is 1. The molecule has 1 aliphatic carbocycles. The third-order valence-electron chi connectivity index (χ3n) is 3.70. The van der Waals surface area contributed by atoms with Crippen molar-refractivity contribution in [1.82, 2.24) is 0 Å². The Hall–Kier alpha value is -1.73. The molecule has 4 nitrogen and oxygen atoms in total. The van der Waals surface area contributed by atoms with Crippen molar-refractivity contribution >= 4 is 5.69 Å². The van der Waals surface area contributed by atoms with Crippen LogP contribution in [0.25, 0.3) is 0 Å². The van der Waals surface area contributed by atoms with Gasteiger partial charge in [-0.2, -0.15) is 5.26 Å². The number of nitrogens with zero attached hydrogens (tertiary/aromatic N) is 1. The molecule has 0 bridgehead atoms. The molecule has 0 unspecified atom stereocenters. The lowest BCUT2D eigenvalue weighted by atomic mass is 9.96. The molecule has 1 fully saturated rings. The van der Waals surface area contributed by atoms with Gasteiger partial charge in [-0.3, -0.25) is 0 Å². The number of nitrogens with one attached hydrogen (secondary N) is 1. The zero-order chi connectivity index (χ0) is 13.0. The van der Waals surface area contributed by atoms with Gasteiger partial charge in [0.05, 0.1) is 18.4 Å². The first kappa shape index (κ1) is 12.7. The van der Waals surface area contributed by atoms with Gasteiger partial charge in [-0.15, -0.1) is 0 Å². The van der Waals surface area contributed by atoms with Crippen LogP contribution in [0.5, 0.6) is 5.75 Å². The highest BCUT2D eigenvalue weighted by molar-refractivity contribution is 5.61. The number of hydrogen-bond acceptors (Lipinski definition) is 4. The van der Waals surface area contributed by atoms with Crippen LogP contribution in [0.1, 0.15) is 31.2 Å². The summed E-state index contributed by atoms with van der Waals surface area (Å²) in [6.45, 7) is 0.592. The first-order valence-electron chi connectivity index (χ1n) is 6.29. The molecule has 0 saturated heterocycles. The molecular formula is C14H19N3O. The van der Waals surface area contributed by atoms with Crippen molar-refractivity contribution in [2.45, 2.75) is 31.2 Å². The number of benzene rings is 1. The van der Waals surface area contributed by atoms with Gasteiger partial charge in [-0.05, 0) is 25.0 Å². The van der Waals surface area contributed by atoms with Crippen LogP contribution in [0.4, 0.5) is 5.69 Å². The van der Waals surface area contributed by atoms with Crippen molar-refractivity contribution in [3.63, 3.8) is 0 Å². The Kier molecular flexibility index (Phi) is 3.73. The lowest BCUT2D eigenvalue weighted by Crippen LogP contribution is -2.43. The maximum absolute atomic E-state index is 9.15. The van der Waals surface area contributed by atoms with E-state index >= 15 is 0 Å². The first-order valence-corrected chi connectivity index (χ1v) is 6.29. The fourth-order valence-corrected chi connectivity index (χ4v) is 2.57. The van der Waals surface area contributed by atoms with E-state index in [1.54, 1.807) is 19.2 Å². The van der Waals surface area contributed by atoms with Crippen LogP contribution in [-0.4, -0.2) is 19.2 Å². The molecule has 0 aromatic heterocycles. The van der Waals surface area contributed by atoms with Gasteiger partial charge < -0.3 is 15.8 Å². The minimum absolute atomic E-state index is 0.0576. The van der Waals surface area contributed by atoms with Gasteiger partial charge in [0.15, 0.2) is 0 Å². The molecule has 0 atom stereocenters. The van der Waals surface area contributed by atoms with Crippen molar-refractivity contribution < 1.29 is 4.74 Å². The molecule has 4 heteroatoms. The standard InChI is InChI=1S/C14H19N3O/c1-18-12-5-4-11(9-15)13(8-12)17-14(10-16)6-2-3-7-14/h4-5,8,17H,2-3,6-7,10,16H2,1H3. The summed E-state index contributed by atoms with van der Waals surface area (Å²) in [7, 11) is 1.62. The van der Waals surface area contributed by atoms with Crippen molar-refractivity contribution in [3.05, 3.63) is 23.8 Å². The normalized spacial score (nSPS) is 17.2. The van der Waals surface area contributed by atoms with E-state index in [1.807, 2.05) is 6.07 Å². The van der Waals surface area contributed by atoms with E-state index in [4.69, 9.17) is 15.7 Å². The quantitative estimate of drug-likeness (QED) is 0.853. The molecule has 0 radical (unpaired) electrons. The smallest absolute Gasteiger partial charge is 0.121 e. The summed E-state index contributed by atoms with van der Waals surface area (Å²) in [5, 5.41) is 12.6. The van der Waals surface area contributed by atoms with Gasteiger partial charge >= 0.3 is 0 Å². The molecule has 0 spiro atoms. The zero-order valence-electron chi connectivity index (χ0n) is 10.7. The van der Waals surface area contributed by atoms with Crippen LogP contribution in [0.15, 0.2) is 18.2 Å².